The van der Waals surface area contributed by atoms with Crippen molar-refractivity contribution in [2.45, 2.75) is 26.7 Å². The minimum absolute atomic E-state index is 0.189. The number of hydrogen-bond donors (Lipinski definition) is 2. The van der Waals surface area contributed by atoms with Crippen LogP contribution in [0.4, 0.5) is 5.82 Å². The summed E-state index contributed by atoms with van der Waals surface area (Å²) in [6.45, 7) is 3.15. The van der Waals surface area contributed by atoms with Gasteiger partial charge in [-0.3, -0.25) is 4.79 Å². The Morgan fingerprint density at radius 3 is 2.45 bits per heavy atom. The number of nitrogens with zero attached hydrogens (tertiary/aromatic N) is 2. The van der Waals surface area contributed by atoms with Gasteiger partial charge in [0.05, 0.1) is 17.9 Å². The third kappa shape index (κ3) is 5.76. The highest BCUT2D eigenvalue weighted by Gasteiger charge is 2.11. The fourth-order valence-corrected chi connectivity index (χ4v) is 2.67. The number of amides is 1. The molecular weight excluding hydrogens is 368 g/mol. The van der Waals surface area contributed by atoms with Gasteiger partial charge in [-0.15, -0.1) is 0 Å². The largest absolute Gasteiger partial charge is 0.473 e. The van der Waals surface area contributed by atoms with Crippen LogP contribution >= 0.6 is 0 Å². The lowest BCUT2D eigenvalue weighted by Crippen LogP contribution is -2.24. The third-order valence-corrected chi connectivity index (χ3v) is 4.27. The number of methoxy groups -OCH3 is 1. The predicted molar refractivity (Wildman–Crippen MR) is 110 cm³/mol. The van der Waals surface area contributed by atoms with Crippen molar-refractivity contribution < 1.29 is 14.3 Å². The highest BCUT2D eigenvalue weighted by atomic mass is 16.5. The van der Waals surface area contributed by atoms with Gasteiger partial charge in [-0.05, 0) is 35.7 Å². The van der Waals surface area contributed by atoms with Crippen LogP contribution in [0.25, 0.3) is 0 Å². The highest BCUT2D eigenvalue weighted by molar-refractivity contribution is 5.98. The average molecular weight is 392 g/mol. The van der Waals surface area contributed by atoms with Gasteiger partial charge in [-0.1, -0.05) is 30.3 Å². The van der Waals surface area contributed by atoms with Crippen molar-refractivity contribution in [3.05, 3.63) is 82.7 Å². The molecule has 0 fully saturated rings. The second-order valence-corrected chi connectivity index (χ2v) is 6.63. The summed E-state index contributed by atoms with van der Waals surface area (Å²) < 4.78 is 10.7. The van der Waals surface area contributed by atoms with Crippen LogP contribution in [0.3, 0.4) is 0 Å². The third-order valence-electron chi connectivity index (χ3n) is 4.27. The molecule has 150 valence electrons. The van der Waals surface area contributed by atoms with E-state index in [9.17, 15) is 4.79 Å². The minimum atomic E-state index is -0.267. The number of carbonyl (C=O) groups excluding carboxylic acids is 1. The summed E-state index contributed by atoms with van der Waals surface area (Å²) in [5.41, 5.74) is 9.99. The number of pyridine rings is 2. The Bertz CT molecular complexity index is 957. The summed E-state index contributed by atoms with van der Waals surface area (Å²) >= 11 is 0. The van der Waals surface area contributed by atoms with Gasteiger partial charge in [0.2, 0.25) is 5.88 Å². The standard InChI is InChI=1S/C22H24N4O3/c1-15-3-10-20(24-11-15)29-13-17-6-4-16(5-7-17)12-25-22(27)19-9-8-18(14-28-2)26-21(19)23/h3-11H,12-14H2,1-2H3,(H2,23,26)(H,25,27). The van der Waals surface area contributed by atoms with Gasteiger partial charge in [0, 0.05) is 25.9 Å². The number of nitrogen functional groups attached to an aromatic ring is 1. The molecule has 0 saturated heterocycles. The van der Waals surface area contributed by atoms with E-state index in [0.29, 0.717) is 36.9 Å². The van der Waals surface area contributed by atoms with Gasteiger partial charge in [0.25, 0.3) is 5.91 Å². The normalized spacial score (nSPS) is 10.6. The lowest BCUT2D eigenvalue weighted by Gasteiger charge is -2.09. The summed E-state index contributed by atoms with van der Waals surface area (Å²) in [7, 11) is 1.58. The molecular formula is C22H24N4O3. The van der Waals surface area contributed by atoms with Gasteiger partial charge in [0.15, 0.2) is 0 Å². The highest BCUT2D eigenvalue weighted by Crippen LogP contribution is 2.13. The molecule has 3 aromatic rings. The molecule has 0 radical (unpaired) electrons. The zero-order valence-electron chi connectivity index (χ0n) is 16.5. The van der Waals surface area contributed by atoms with Crippen molar-refractivity contribution in [3.63, 3.8) is 0 Å². The van der Waals surface area contributed by atoms with Crippen LogP contribution in [0.15, 0.2) is 54.7 Å². The van der Waals surface area contributed by atoms with Crippen molar-refractivity contribution >= 4 is 11.7 Å². The first-order chi connectivity index (χ1) is 14.0. The summed E-state index contributed by atoms with van der Waals surface area (Å²) in [6.07, 6.45) is 1.77. The first-order valence-corrected chi connectivity index (χ1v) is 9.21. The fourth-order valence-electron chi connectivity index (χ4n) is 2.67. The molecule has 2 aromatic heterocycles. The number of anilines is 1. The zero-order valence-corrected chi connectivity index (χ0v) is 16.5. The lowest BCUT2D eigenvalue weighted by atomic mass is 10.1. The number of nitrogens with two attached hydrogens (primary N) is 1. The number of aryl methyl sites for hydroxylation is 1. The van der Waals surface area contributed by atoms with Crippen LogP contribution in [-0.4, -0.2) is 23.0 Å². The summed E-state index contributed by atoms with van der Waals surface area (Å²) in [6, 6.07) is 15.0. The van der Waals surface area contributed by atoms with Crippen LogP contribution in [-0.2, 0) is 24.5 Å². The van der Waals surface area contributed by atoms with Crippen LogP contribution < -0.4 is 15.8 Å². The number of benzene rings is 1. The van der Waals surface area contributed by atoms with Crippen LogP contribution in [0, 0.1) is 6.92 Å². The second-order valence-electron chi connectivity index (χ2n) is 6.63. The zero-order chi connectivity index (χ0) is 20.6. The summed E-state index contributed by atoms with van der Waals surface area (Å²) in [5, 5.41) is 2.86. The Labute approximate surface area is 169 Å². The number of rotatable bonds is 8. The van der Waals surface area contributed by atoms with E-state index in [1.807, 2.05) is 43.3 Å². The Hall–Kier alpha value is -3.45. The molecule has 0 spiro atoms. The maximum Gasteiger partial charge on any atom is 0.255 e. The molecule has 0 saturated carbocycles. The van der Waals surface area contributed by atoms with E-state index in [2.05, 4.69) is 15.3 Å². The molecule has 3 N–H and O–H groups in total. The average Bonchev–Trinajstić information content (AvgIpc) is 2.73. The van der Waals surface area contributed by atoms with E-state index in [1.165, 1.54) is 0 Å². The predicted octanol–water partition coefficient (Wildman–Crippen LogP) is 3.02. The van der Waals surface area contributed by atoms with Crippen molar-refractivity contribution in [2.24, 2.45) is 0 Å². The molecule has 0 unspecified atom stereocenters. The smallest absolute Gasteiger partial charge is 0.255 e. The number of ether oxygens (including phenoxy) is 2. The monoisotopic (exact) mass is 392 g/mol. The van der Waals surface area contributed by atoms with Crippen LogP contribution in [0.1, 0.15) is 32.7 Å². The Morgan fingerprint density at radius 2 is 1.79 bits per heavy atom. The molecule has 29 heavy (non-hydrogen) atoms. The SMILES string of the molecule is COCc1ccc(C(=O)NCc2ccc(COc3ccc(C)cn3)cc2)c(N)n1. The van der Waals surface area contributed by atoms with E-state index >= 15 is 0 Å². The maximum atomic E-state index is 12.4. The summed E-state index contributed by atoms with van der Waals surface area (Å²) in [4.78, 5) is 20.8. The molecule has 0 atom stereocenters. The van der Waals surface area contributed by atoms with E-state index in [4.69, 9.17) is 15.2 Å². The fraction of sp³-hybridized carbons (Fsp3) is 0.227. The number of aromatic nitrogens is 2. The van der Waals surface area contributed by atoms with Crippen LogP contribution in [0.5, 0.6) is 5.88 Å². The summed E-state index contributed by atoms with van der Waals surface area (Å²) in [5.74, 6) is 0.515. The van der Waals surface area contributed by atoms with Gasteiger partial charge in [0.1, 0.15) is 12.4 Å². The maximum absolute atomic E-state index is 12.4. The van der Waals surface area contributed by atoms with Crippen molar-refractivity contribution in [1.82, 2.24) is 15.3 Å². The first kappa shape index (κ1) is 20.3. The number of nitrogens with one attached hydrogen (secondary N) is 1. The molecule has 3 rings (SSSR count). The molecule has 1 amide bonds. The molecule has 7 heteroatoms. The van der Waals surface area contributed by atoms with Crippen LogP contribution in [0.2, 0.25) is 0 Å². The van der Waals surface area contributed by atoms with Crippen molar-refractivity contribution in [1.29, 1.82) is 0 Å². The number of hydrogen-bond acceptors (Lipinski definition) is 6. The molecule has 2 heterocycles. The van der Waals surface area contributed by atoms with Gasteiger partial charge < -0.3 is 20.5 Å². The van der Waals surface area contributed by atoms with Crippen molar-refractivity contribution in [3.8, 4) is 5.88 Å². The molecule has 0 aliphatic rings. The first-order valence-electron chi connectivity index (χ1n) is 9.21. The van der Waals surface area contributed by atoms with E-state index in [0.717, 1.165) is 16.7 Å². The quantitative estimate of drug-likeness (QED) is 0.611. The molecule has 1 aromatic carbocycles. The van der Waals surface area contributed by atoms with Gasteiger partial charge in [-0.2, -0.15) is 0 Å². The van der Waals surface area contributed by atoms with E-state index < -0.39 is 0 Å². The Balaban J connectivity index is 1.52. The molecule has 0 aliphatic heterocycles. The molecule has 0 aliphatic carbocycles. The molecule has 0 bridgehead atoms. The minimum Gasteiger partial charge on any atom is -0.473 e. The van der Waals surface area contributed by atoms with E-state index in [1.54, 1.807) is 25.4 Å². The topological polar surface area (TPSA) is 99.4 Å². The van der Waals surface area contributed by atoms with Crippen molar-refractivity contribution in [2.75, 3.05) is 12.8 Å². The lowest BCUT2D eigenvalue weighted by molar-refractivity contribution is 0.0951. The van der Waals surface area contributed by atoms with Gasteiger partial charge in [-0.25, -0.2) is 9.97 Å². The second kappa shape index (κ2) is 9.66. The Morgan fingerprint density at radius 1 is 1.03 bits per heavy atom. The van der Waals surface area contributed by atoms with Gasteiger partial charge >= 0.3 is 0 Å². The van der Waals surface area contributed by atoms with E-state index in [-0.39, 0.29) is 11.7 Å². The Kier molecular flexibility index (Phi) is 6.76. The number of carbonyl (C=O) groups is 1. The molecule has 7 nitrogen and oxygen atoms in total.